The maximum absolute atomic E-state index is 13.8. The summed E-state index contributed by atoms with van der Waals surface area (Å²) in [4.78, 5) is 28.8. The van der Waals surface area contributed by atoms with E-state index in [4.69, 9.17) is 4.74 Å². The summed E-state index contributed by atoms with van der Waals surface area (Å²) >= 11 is 3.62. The molecule has 0 saturated heterocycles. The molecule has 2 heterocycles. The zero-order valence-corrected chi connectivity index (χ0v) is 21.1. The Morgan fingerprint density at radius 3 is 2.57 bits per heavy atom. The molecule has 6 rings (SSSR count). The molecule has 3 aliphatic rings. The van der Waals surface area contributed by atoms with Crippen LogP contribution < -0.4 is 10.2 Å². The molecular weight excluding hydrogens is 504 g/mol. The fourth-order valence-electron chi connectivity index (χ4n) is 5.61. The van der Waals surface area contributed by atoms with Gasteiger partial charge in [0.15, 0.2) is 5.78 Å². The lowest BCUT2D eigenvalue weighted by Gasteiger charge is -2.40. The van der Waals surface area contributed by atoms with Crippen LogP contribution in [0.2, 0.25) is 0 Å². The number of ketones is 1. The van der Waals surface area contributed by atoms with Gasteiger partial charge in [0.05, 0.1) is 23.0 Å². The molecule has 0 bridgehead atoms. The zero-order valence-electron chi connectivity index (χ0n) is 19.5. The number of Topliss-reactive ketones (excluding diaryl/α,β-unsaturated/α-hetero) is 1. The van der Waals surface area contributed by atoms with Gasteiger partial charge < -0.3 is 15.0 Å². The van der Waals surface area contributed by atoms with Crippen molar-refractivity contribution in [3.05, 3.63) is 105 Å². The van der Waals surface area contributed by atoms with Crippen molar-refractivity contribution in [1.82, 2.24) is 0 Å². The Morgan fingerprint density at radius 1 is 0.971 bits per heavy atom. The monoisotopic (exact) mass is 528 g/mol. The van der Waals surface area contributed by atoms with Crippen molar-refractivity contribution in [3.63, 3.8) is 0 Å². The van der Waals surface area contributed by atoms with E-state index in [2.05, 4.69) is 40.0 Å². The molecule has 1 N–H and O–H groups in total. The van der Waals surface area contributed by atoms with Crippen molar-refractivity contribution in [3.8, 4) is 0 Å². The highest BCUT2D eigenvalue weighted by atomic mass is 79.9. The highest BCUT2D eigenvalue weighted by molar-refractivity contribution is 9.10. The van der Waals surface area contributed by atoms with Gasteiger partial charge in [-0.3, -0.25) is 4.79 Å². The van der Waals surface area contributed by atoms with Gasteiger partial charge in [0.1, 0.15) is 0 Å². The lowest BCUT2D eigenvalue weighted by atomic mass is 9.73. The molecule has 0 fully saturated rings. The predicted octanol–water partition coefficient (Wildman–Crippen LogP) is 6.93. The van der Waals surface area contributed by atoms with Gasteiger partial charge in [-0.15, -0.1) is 0 Å². The third kappa shape index (κ3) is 3.67. The molecule has 2 aliphatic heterocycles. The molecule has 5 nitrogen and oxygen atoms in total. The SMILES string of the molecule is CC1(C)CC(=O)C2=C(C1)Nc1ccccc1N([C@@H]1OC(=O)c3ccccc31)[C@@H]2c1cccc(Br)c1. The van der Waals surface area contributed by atoms with Crippen LogP contribution in [0.5, 0.6) is 0 Å². The number of para-hydroxylation sites is 2. The van der Waals surface area contributed by atoms with Crippen LogP contribution in [0, 0.1) is 5.41 Å². The number of carbonyl (C=O) groups excluding carboxylic acids is 2. The van der Waals surface area contributed by atoms with E-state index in [1.165, 1.54) is 0 Å². The van der Waals surface area contributed by atoms with Gasteiger partial charge in [-0.2, -0.15) is 0 Å². The second kappa shape index (κ2) is 8.09. The average molecular weight is 529 g/mol. The fraction of sp³-hybridized carbons (Fsp3) is 0.241. The molecule has 0 spiro atoms. The van der Waals surface area contributed by atoms with Crippen LogP contribution in [0.3, 0.4) is 0 Å². The highest BCUT2D eigenvalue weighted by Crippen LogP contribution is 2.52. The largest absolute Gasteiger partial charge is 0.433 e. The summed E-state index contributed by atoms with van der Waals surface area (Å²) in [5.74, 6) is -0.234. The van der Waals surface area contributed by atoms with Crippen LogP contribution in [0.4, 0.5) is 11.4 Å². The Hall–Kier alpha value is -3.38. The number of cyclic esters (lactones) is 1. The third-order valence-electron chi connectivity index (χ3n) is 7.02. The molecule has 6 heteroatoms. The molecule has 0 amide bonds. The minimum Gasteiger partial charge on any atom is -0.433 e. The standard InChI is InChI=1S/C29H25BrN2O3/c1-29(2)15-22-25(24(33)16-29)26(17-8-7-9-18(30)14-17)32(23-13-6-5-12-21(23)31-22)27-19-10-3-4-11-20(19)28(34)35-27/h3-14,26-27,31H,15-16H2,1-2H3/t26-,27-/m1/s1. The number of hydrogen-bond donors (Lipinski definition) is 1. The van der Waals surface area contributed by atoms with Gasteiger partial charge in [-0.1, -0.05) is 72.2 Å². The molecular formula is C29H25BrN2O3. The Labute approximate surface area is 212 Å². The van der Waals surface area contributed by atoms with Gasteiger partial charge in [-0.05, 0) is 47.7 Å². The van der Waals surface area contributed by atoms with Crippen LogP contribution in [0.1, 0.15) is 60.4 Å². The summed E-state index contributed by atoms with van der Waals surface area (Å²) in [7, 11) is 0. The number of rotatable bonds is 2. The number of allylic oxidation sites excluding steroid dienone is 1. The molecule has 3 aromatic rings. The third-order valence-corrected chi connectivity index (χ3v) is 7.52. The number of carbonyl (C=O) groups is 2. The number of nitrogens with zero attached hydrogens (tertiary/aromatic N) is 1. The molecule has 2 atom stereocenters. The second-order valence-corrected chi connectivity index (χ2v) is 11.1. The number of ether oxygens (including phenoxy) is 1. The van der Waals surface area contributed by atoms with Crippen molar-refractivity contribution in [1.29, 1.82) is 0 Å². The number of benzene rings is 3. The molecule has 35 heavy (non-hydrogen) atoms. The topological polar surface area (TPSA) is 58.6 Å². The van der Waals surface area contributed by atoms with Crippen LogP contribution >= 0.6 is 15.9 Å². The van der Waals surface area contributed by atoms with Crippen LogP contribution in [-0.4, -0.2) is 11.8 Å². The summed E-state index contributed by atoms with van der Waals surface area (Å²) in [6, 6.07) is 23.1. The van der Waals surface area contributed by atoms with Crippen molar-refractivity contribution < 1.29 is 14.3 Å². The Balaban J connectivity index is 1.65. The van der Waals surface area contributed by atoms with E-state index in [1.54, 1.807) is 6.07 Å². The first-order valence-electron chi connectivity index (χ1n) is 11.8. The van der Waals surface area contributed by atoms with Crippen molar-refractivity contribution in [2.45, 2.75) is 39.0 Å². The van der Waals surface area contributed by atoms with Gasteiger partial charge in [0.25, 0.3) is 0 Å². The number of fused-ring (bicyclic) bond motifs is 2. The molecule has 176 valence electrons. The van der Waals surface area contributed by atoms with Crippen LogP contribution in [0.25, 0.3) is 0 Å². The van der Waals surface area contributed by atoms with E-state index >= 15 is 0 Å². The quantitative estimate of drug-likeness (QED) is 0.365. The Morgan fingerprint density at radius 2 is 1.74 bits per heavy atom. The summed E-state index contributed by atoms with van der Waals surface area (Å²) < 4.78 is 6.96. The Bertz CT molecular complexity index is 1410. The first-order valence-corrected chi connectivity index (χ1v) is 12.6. The van der Waals surface area contributed by atoms with E-state index in [-0.39, 0.29) is 17.2 Å². The van der Waals surface area contributed by atoms with E-state index in [9.17, 15) is 9.59 Å². The summed E-state index contributed by atoms with van der Waals surface area (Å²) in [5.41, 5.74) is 5.61. The molecule has 0 aromatic heterocycles. The number of esters is 1. The lowest BCUT2D eigenvalue weighted by molar-refractivity contribution is -0.118. The van der Waals surface area contributed by atoms with Gasteiger partial charge in [-0.25, -0.2) is 4.79 Å². The predicted molar refractivity (Wildman–Crippen MR) is 139 cm³/mol. The molecule has 3 aromatic carbocycles. The molecule has 0 saturated carbocycles. The first kappa shape index (κ1) is 22.1. The number of anilines is 2. The Kier molecular flexibility index (Phi) is 5.11. The molecule has 0 radical (unpaired) electrons. The summed E-state index contributed by atoms with van der Waals surface area (Å²) in [5, 5.41) is 3.62. The van der Waals surface area contributed by atoms with Gasteiger partial charge in [0.2, 0.25) is 6.23 Å². The van der Waals surface area contributed by atoms with Crippen molar-refractivity contribution in [2.24, 2.45) is 5.41 Å². The lowest BCUT2D eigenvalue weighted by Crippen LogP contribution is -2.38. The highest BCUT2D eigenvalue weighted by Gasteiger charge is 2.46. The first-order chi connectivity index (χ1) is 16.8. The van der Waals surface area contributed by atoms with E-state index < -0.39 is 12.3 Å². The van der Waals surface area contributed by atoms with Gasteiger partial charge >= 0.3 is 5.97 Å². The second-order valence-electron chi connectivity index (χ2n) is 10.2. The van der Waals surface area contributed by atoms with Crippen LogP contribution in [-0.2, 0) is 9.53 Å². The van der Waals surface area contributed by atoms with Gasteiger partial charge in [0, 0.05) is 27.7 Å². The van der Waals surface area contributed by atoms with E-state index in [0.717, 1.165) is 44.7 Å². The fourth-order valence-corrected chi connectivity index (χ4v) is 6.02. The van der Waals surface area contributed by atoms with Crippen molar-refractivity contribution >= 4 is 39.1 Å². The minimum absolute atomic E-state index is 0.115. The number of hydrogen-bond acceptors (Lipinski definition) is 5. The maximum Gasteiger partial charge on any atom is 0.340 e. The minimum atomic E-state index is -0.666. The molecule has 1 aliphatic carbocycles. The average Bonchev–Trinajstić information content (AvgIpc) is 3.06. The van der Waals surface area contributed by atoms with Crippen molar-refractivity contribution in [2.75, 3.05) is 10.2 Å². The molecule has 0 unspecified atom stereocenters. The normalized spacial score (nSPS) is 22.5. The maximum atomic E-state index is 13.8. The van der Waals surface area contributed by atoms with Crippen LogP contribution in [0.15, 0.2) is 88.5 Å². The summed E-state index contributed by atoms with van der Waals surface area (Å²) in [6.45, 7) is 4.27. The van der Waals surface area contributed by atoms with E-state index in [1.807, 2.05) is 66.7 Å². The van der Waals surface area contributed by atoms with E-state index in [0.29, 0.717) is 12.0 Å². The number of halogens is 1. The smallest absolute Gasteiger partial charge is 0.340 e. The summed E-state index contributed by atoms with van der Waals surface area (Å²) in [6.07, 6.45) is 0.547. The number of nitrogens with one attached hydrogen (secondary N) is 1. The zero-order chi connectivity index (χ0) is 24.3.